The van der Waals surface area contributed by atoms with Crippen LogP contribution in [-0.2, 0) is 6.54 Å². The standard InChI is InChI=1S/C15H17N3S/c1-2-7-17(6-1)13-5-3-4-12(10-13)14-11-18-8-9-19-15(18)16-14/h3-5,10-11H,1-2,6-9H2. The molecule has 0 saturated carbocycles. The number of anilines is 1. The van der Waals surface area contributed by atoms with Gasteiger partial charge in [-0.1, -0.05) is 23.9 Å². The van der Waals surface area contributed by atoms with Crippen molar-refractivity contribution >= 4 is 17.4 Å². The lowest BCUT2D eigenvalue weighted by atomic mass is 10.1. The summed E-state index contributed by atoms with van der Waals surface area (Å²) in [6, 6.07) is 8.82. The molecule has 2 aromatic rings. The molecule has 1 aromatic heterocycles. The highest BCUT2D eigenvalue weighted by Crippen LogP contribution is 2.31. The zero-order valence-electron chi connectivity index (χ0n) is 10.9. The topological polar surface area (TPSA) is 21.1 Å². The number of nitrogens with zero attached hydrogens (tertiary/aromatic N) is 3. The van der Waals surface area contributed by atoms with E-state index in [2.05, 4.69) is 39.9 Å². The fourth-order valence-electron chi connectivity index (χ4n) is 2.89. The third kappa shape index (κ3) is 2.04. The highest BCUT2D eigenvalue weighted by Gasteiger charge is 2.17. The summed E-state index contributed by atoms with van der Waals surface area (Å²) in [6.07, 6.45) is 4.83. The molecule has 0 atom stereocenters. The van der Waals surface area contributed by atoms with Gasteiger partial charge in [0, 0.05) is 42.8 Å². The lowest BCUT2D eigenvalue weighted by molar-refractivity contribution is 0.719. The number of hydrogen-bond acceptors (Lipinski definition) is 3. The van der Waals surface area contributed by atoms with E-state index in [-0.39, 0.29) is 0 Å². The second-order valence-electron chi connectivity index (χ2n) is 5.20. The molecule has 0 bridgehead atoms. The molecule has 4 heteroatoms. The average Bonchev–Trinajstić information content (AvgIpc) is 3.15. The van der Waals surface area contributed by atoms with E-state index < -0.39 is 0 Å². The van der Waals surface area contributed by atoms with Crippen LogP contribution in [0.15, 0.2) is 35.6 Å². The van der Waals surface area contributed by atoms with Gasteiger partial charge in [0.2, 0.25) is 0 Å². The van der Waals surface area contributed by atoms with Crippen LogP contribution in [0.1, 0.15) is 12.8 Å². The summed E-state index contributed by atoms with van der Waals surface area (Å²) >= 11 is 1.85. The van der Waals surface area contributed by atoms with Crippen molar-refractivity contribution in [2.24, 2.45) is 0 Å². The van der Waals surface area contributed by atoms with E-state index in [4.69, 9.17) is 4.98 Å². The molecule has 0 N–H and O–H groups in total. The number of hydrogen-bond donors (Lipinski definition) is 0. The molecule has 3 heterocycles. The molecule has 0 amide bonds. The Morgan fingerprint density at radius 1 is 1.11 bits per heavy atom. The number of imidazole rings is 1. The molecule has 4 rings (SSSR count). The number of rotatable bonds is 2. The van der Waals surface area contributed by atoms with Crippen LogP contribution >= 0.6 is 11.8 Å². The smallest absolute Gasteiger partial charge is 0.168 e. The van der Waals surface area contributed by atoms with Crippen LogP contribution in [0.2, 0.25) is 0 Å². The number of thioether (sulfide) groups is 1. The van der Waals surface area contributed by atoms with Gasteiger partial charge in [-0.3, -0.25) is 0 Å². The quantitative estimate of drug-likeness (QED) is 0.836. The van der Waals surface area contributed by atoms with Crippen LogP contribution in [0.5, 0.6) is 0 Å². The Labute approximate surface area is 117 Å². The van der Waals surface area contributed by atoms with Crippen LogP contribution in [0, 0.1) is 0 Å². The maximum absolute atomic E-state index is 4.74. The summed E-state index contributed by atoms with van der Waals surface area (Å²) in [4.78, 5) is 7.21. The van der Waals surface area contributed by atoms with Crippen molar-refractivity contribution in [3.8, 4) is 11.3 Å². The van der Waals surface area contributed by atoms with E-state index in [9.17, 15) is 0 Å². The second kappa shape index (κ2) is 4.60. The number of fused-ring (bicyclic) bond motifs is 1. The van der Waals surface area contributed by atoms with Crippen LogP contribution in [0.25, 0.3) is 11.3 Å². The van der Waals surface area contributed by atoms with Crippen molar-refractivity contribution in [1.29, 1.82) is 0 Å². The van der Waals surface area contributed by atoms with Gasteiger partial charge in [0.15, 0.2) is 5.16 Å². The molecule has 2 aliphatic rings. The van der Waals surface area contributed by atoms with Gasteiger partial charge >= 0.3 is 0 Å². The summed E-state index contributed by atoms with van der Waals surface area (Å²) in [6.45, 7) is 3.48. The van der Waals surface area contributed by atoms with Gasteiger partial charge in [-0.15, -0.1) is 0 Å². The maximum atomic E-state index is 4.74. The monoisotopic (exact) mass is 271 g/mol. The highest BCUT2D eigenvalue weighted by molar-refractivity contribution is 7.99. The first-order valence-electron chi connectivity index (χ1n) is 6.95. The van der Waals surface area contributed by atoms with Gasteiger partial charge < -0.3 is 9.47 Å². The predicted octanol–water partition coefficient (Wildman–Crippen LogP) is 3.26. The van der Waals surface area contributed by atoms with E-state index in [1.165, 1.54) is 42.3 Å². The molecule has 2 aliphatic heterocycles. The minimum atomic E-state index is 1.10. The lowest BCUT2D eigenvalue weighted by Crippen LogP contribution is -2.17. The normalized spacial score (nSPS) is 18.0. The Kier molecular flexibility index (Phi) is 2.76. The molecule has 0 aliphatic carbocycles. The molecule has 3 nitrogen and oxygen atoms in total. The zero-order chi connectivity index (χ0) is 12.7. The maximum Gasteiger partial charge on any atom is 0.168 e. The first-order chi connectivity index (χ1) is 9.40. The average molecular weight is 271 g/mol. The molecular weight excluding hydrogens is 254 g/mol. The molecular formula is C15H17N3S. The third-order valence-corrected chi connectivity index (χ3v) is 4.89. The van der Waals surface area contributed by atoms with Gasteiger partial charge in [0.05, 0.1) is 5.69 Å². The molecule has 19 heavy (non-hydrogen) atoms. The summed E-state index contributed by atoms with van der Waals surface area (Å²) in [5.74, 6) is 1.16. The van der Waals surface area contributed by atoms with Crippen LogP contribution in [0.4, 0.5) is 5.69 Å². The Morgan fingerprint density at radius 2 is 2.00 bits per heavy atom. The first-order valence-corrected chi connectivity index (χ1v) is 7.94. The molecule has 98 valence electrons. The van der Waals surface area contributed by atoms with E-state index in [0.29, 0.717) is 0 Å². The summed E-state index contributed by atoms with van der Waals surface area (Å²) in [5.41, 5.74) is 3.70. The minimum absolute atomic E-state index is 1.10. The highest BCUT2D eigenvalue weighted by atomic mass is 32.2. The first kappa shape index (κ1) is 11.4. The Morgan fingerprint density at radius 3 is 2.84 bits per heavy atom. The fourth-order valence-corrected chi connectivity index (χ4v) is 3.83. The van der Waals surface area contributed by atoms with Gasteiger partial charge in [-0.25, -0.2) is 4.98 Å². The Balaban J connectivity index is 1.68. The van der Waals surface area contributed by atoms with Gasteiger partial charge in [0.1, 0.15) is 0 Å². The van der Waals surface area contributed by atoms with E-state index in [0.717, 1.165) is 18.0 Å². The van der Waals surface area contributed by atoms with Gasteiger partial charge in [-0.2, -0.15) is 0 Å². The van der Waals surface area contributed by atoms with Crippen LogP contribution < -0.4 is 4.90 Å². The summed E-state index contributed by atoms with van der Waals surface area (Å²) in [5, 5.41) is 1.17. The van der Waals surface area contributed by atoms with Gasteiger partial charge in [0.25, 0.3) is 0 Å². The van der Waals surface area contributed by atoms with E-state index in [1.54, 1.807) is 0 Å². The van der Waals surface area contributed by atoms with Crippen LogP contribution in [-0.4, -0.2) is 28.4 Å². The summed E-state index contributed by atoms with van der Waals surface area (Å²) < 4.78 is 2.27. The predicted molar refractivity (Wildman–Crippen MR) is 79.8 cm³/mol. The number of aryl methyl sites for hydroxylation is 1. The molecule has 0 unspecified atom stereocenters. The fraction of sp³-hybridized carbons (Fsp3) is 0.400. The van der Waals surface area contributed by atoms with Crippen molar-refractivity contribution in [1.82, 2.24) is 9.55 Å². The summed E-state index contributed by atoms with van der Waals surface area (Å²) in [7, 11) is 0. The largest absolute Gasteiger partial charge is 0.372 e. The van der Waals surface area contributed by atoms with Crippen molar-refractivity contribution in [2.45, 2.75) is 24.5 Å². The van der Waals surface area contributed by atoms with Crippen molar-refractivity contribution in [3.63, 3.8) is 0 Å². The van der Waals surface area contributed by atoms with Crippen molar-refractivity contribution < 1.29 is 0 Å². The van der Waals surface area contributed by atoms with Gasteiger partial charge in [-0.05, 0) is 25.0 Å². The molecule has 1 saturated heterocycles. The second-order valence-corrected chi connectivity index (χ2v) is 6.26. The van der Waals surface area contributed by atoms with Crippen molar-refractivity contribution in [2.75, 3.05) is 23.7 Å². The Bertz CT molecular complexity index is 578. The molecule has 0 spiro atoms. The Hall–Kier alpha value is -1.42. The van der Waals surface area contributed by atoms with Crippen LogP contribution in [0.3, 0.4) is 0 Å². The lowest BCUT2D eigenvalue weighted by Gasteiger charge is -2.18. The third-order valence-electron chi connectivity index (χ3n) is 3.92. The van der Waals surface area contributed by atoms with Crippen molar-refractivity contribution in [3.05, 3.63) is 30.5 Å². The number of benzene rings is 1. The SMILES string of the molecule is c1cc(-c2cn3c(n2)SCC3)cc(N2CCCC2)c1. The van der Waals surface area contributed by atoms with E-state index in [1.807, 2.05) is 11.8 Å². The zero-order valence-corrected chi connectivity index (χ0v) is 11.7. The van der Waals surface area contributed by atoms with E-state index >= 15 is 0 Å². The molecule has 1 aromatic carbocycles. The molecule has 1 fully saturated rings. The molecule has 0 radical (unpaired) electrons. The minimum Gasteiger partial charge on any atom is -0.372 e. The number of aromatic nitrogens is 2.